The zero-order valence-corrected chi connectivity index (χ0v) is 15.3. The van der Waals surface area contributed by atoms with E-state index >= 15 is 0 Å². The third-order valence-corrected chi connectivity index (χ3v) is 6.79. The SMILES string of the molecule is CC1(C)[C@@H](Cn2cnc3c(NC4CC4)nc(N)nc32)CC[C@@]1(C)CO. The summed E-state index contributed by atoms with van der Waals surface area (Å²) in [6.07, 6.45) is 6.32. The average molecular weight is 344 g/mol. The van der Waals surface area contributed by atoms with E-state index < -0.39 is 0 Å². The van der Waals surface area contributed by atoms with Crippen LogP contribution in [0, 0.1) is 16.7 Å². The Bertz CT molecular complexity index is 796. The van der Waals surface area contributed by atoms with Crippen LogP contribution in [0.1, 0.15) is 46.5 Å². The maximum atomic E-state index is 9.87. The Kier molecular flexibility index (Phi) is 3.68. The van der Waals surface area contributed by atoms with Crippen molar-refractivity contribution in [1.29, 1.82) is 0 Å². The molecular formula is C18H28N6O. The van der Waals surface area contributed by atoms with Crippen molar-refractivity contribution in [2.75, 3.05) is 17.7 Å². The highest BCUT2D eigenvalue weighted by atomic mass is 16.3. The second kappa shape index (κ2) is 5.56. The Morgan fingerprint density at radius 2 is 2.04 bits per heavy atom. The molecule has 7 heteroatoms. The first-order valence-electron chi connectivity index (χ1n) is 9.20. The van der Waals surface area contributed by atoms with Crippen LogP contribution in [0.15, 0.2) is 6.33 Å². The second-order valence-corrected chi connectivity index (χ2v) is 8.59. The summed E-state index contributed by atoms with van der Waals surface area (Å²) in [5.41, 5.74) is 7.53. The van der Waals surface area contributed by atoms with Crippen LogP contribution in [0.25, 0.3) is 11.2 Å². The number of nitrogen functional groups attached to an aromatic ring is 1. The highest BCUT2D eigenvalue weighted by Gasteiger charge is 2.51. The highest BCUT2D eigenvalue weighted by Crippen LogP contribution is 2.56. The van der Waals surface area contributed by atoms with E-state index in [1.165, 1.54) is 12.8 Å². The van der Waals surface area contributed by atoms with Gasteiger partial charge in [0, 0.05) is 19.2 Å². The first kappa shape index (κ1) is 16.6. The number of nitrogens with one attached hydrogen (secondary N) is 1. The van der Waals surface area contributed by atoms with Crippen molar-refractivity contribution in [2.24, 2.45) is 16.7 Å². The van der Waals surface area contributed by atoms with Crippen molar-refractivity contribution in [3.05, 3.63) is 6.33 Å². The highest BCUT2D eigenvalue weighted by molar-refractivity contribution is 5.84. The Morgan fingerprint density at radius 1 is 1.28 bits per heavy atom. The van der Waals surface area contributed by atoms with E-state index in [4.69, 9.17) is 5.73 Å². The quantitative estimate of drug-likeness (QED) is 0.770. The summed E-state index contributed by atoms with van der Waals surface area (Å²) in [6, 6.07) is 0.488. The number of anilines is 2. The molecule has 2 aliphatic carbocycles. The third kappa shape index (κ3) is 2.65. The van der Waals surface area contributed by atoms with E-state index in [0.29, 0.717) is 12.0 Å². The van der Waals surface area contributed by atoms with Gasteiger partial charge in [-0.25, -0.2) is 4.98 Å². The minimum absolute atomic E-state index is 0.0409. The first-order chi connectivity index (χ1) is 11.8. The molecule has 0 saturated heterocycles. The fourth-order valence-corrected chi connectivity index (χ4v) is 4.12. The number of rotatable bonds is 5. The molecule has 2 aliphatic rings. The zero-order valence-electron chi connectivity index (χ0n) is 15.3. The third-order valence-electron chi connectivity index (χ3n) is 6.79. The van der Waals surface area contributed by atoms with Crippen LogP contribution < -0.4 is 11.1 Å². The first-order valence-corrected chi connectivity index (χ1v) is 9.20. The lowest BCUT2D eigenvalue weighted by Gasteiger charge is -2.40. The van der Waals surface area contributed by atoms with Crippen molar-refractivity contribution < 1.29 is 5.11 Å². The van der Waals surface area contributed by atoms with Gasteiger partial charge in [-0.15, -0.1) is 0 Å². The maximum Gasteiger partial charge on any atom is 0.224 e. The van der Waals surface area contributed by atoms with Gasteiger partial charge in [0.25, 0.3) is 0 Å². The van der Waals surface area contributed by atoms with Gasteiger partial charge in [0.1, 0.15) is 0 Å². The largest absolute Gasteiger partial charge is 0.396 e. The Balaban J connectivity index is 1.65. The number of aliphatic hydroxyl groups excluding tert-OH is 1. The van der Waals surface area contributed by atoms with Crippen molar-refractivity contribution in [1.82, 2.24) is 19.5 Å². The number of aromatic nitrogens is 4. The minimum Gasteiger partial charge on any atom is -0.396 e. The van der Waals surface area contributed by atoms with Crippen LogP contribution in [-0.4, -0.2) is 37.3 Å². The molecule has 0 bridgehead atoms. The lowest BCUT2D eigenvalue weighted by atomic mass is 9.66. The molecule has 2 atom stereocenters. The molecule has 0 aromatic carbocycles. The number of aliphatic hydroxyl groups is 1. The lowest BCUT2D eigenvalue weighted by molar-refractivity contribution is 0.0219. The molecule has 0 amide bonds. The monoisotopic (exact) mass is 344 g/mol. The van der Waals surface area contributed by atoms with Crippen molar-refractivity contribution in [3.8, 4) is 0 Å². The van der Waals surface area contributed by atoms with E-state index in [2.05, 4.69) is 45.6 Å². The molecule has 25 heavy (non-hydrogen) atoms. The molecule has 0 unspecified atom stereocenters. The van der Waals surface area contributed by atoms with Crippen LogP contribution in [0.3, 0.4) is 0 Å². The Morgan fingerprint density at radius 3 is 2.68 bits per heavy atom. The maximum absolute atomic E-state index is 9.87. The molecule has 2 saturated carbocycles. The van der Waals surface area contributed by atoms with E-state index in [0.717, 1.165) is 36.4 Å². The number of nitrogens with zero attached hydrogens (tertiary/aromatic N) is 4. The molecular weight excluding hydrogens is 316 g/mol. The smallest absolute Gasteiger partial charge is 0.224 e. The normalized spacial score (nSPS) is 28.6. The molecule has 4 rings (SSSR count). The fraction of sp³-hybridized carbons (Fsp3) is 0.722. The Hall–Kier alpha value is -1.89. The number of imidazole rings is 1. The topological polar surface area (TPSA) is 102 Å². The van der Waals surface area contributed by atoms with Gasteiger partial charge < -0.3 is 20.7 Å². The summed E-state index contributed by atoms with van der Waals surface area (Å²) >= 11 is 0. The summed E-state index contributed by atoms with van der Waals surface area (Å²) in [6.45, 7) is 7.79. The molecule has 0 radical (unpaired) electrons. The van der Waals surface area contributed by atoms with Gasteiger partial charge >= 0.3 is 0 Å². The standard InChI is InChI=1S/C18H28N6O/c1-17(2)11(6-7-18(17,3)9-25)8-24-10-20-13-14(21-12-4-5-12)22-16(19)23-15(13)24/h10-12,25H,4-9H2,1-3H3,(H3,19,21,22,23)/t11-,18+/m1/s1. The molecule has 2 fully saturated rings. The van der Waals surface area contributed by atoms with Gasteiger partial charge in [0.2, 0.25) is 5.95 Å². The summed E-state index contributed by atoms with van der Waals surface area (Å²) in [4.78, 5) is 13.3. The van der Waals surface area contributed by atoms with Crippen molar-refractivity contribution >= 4 is 22.9 Å². The number of hydrogen-bond donors (Lipinski definition) is 3. The lowest BCUT2D eigenvalue weighted by Crippen LogP contribution is -2.38. The van der Waals surface area contributed by atoms with Crippen LogP contribution >= 0.6 is 0 Å². The average Bonchev–Trinajstić information content (AvgIpc) is 3.24. The fourth-order valence-electron chi connectivity index (χ4n) is 4.12. The molecule has 7 nitrogen and oxygen atoms in total. The molecule has 136 valence electrons. The summed E-state index contributed by atoms with van der Waals surface area (Å²) in [5.74, 6) is 1.48. The van der Waals surface area contributed by atoms with E-state index in [1.807, 2.05) is 6.33 Å². The molecule has 2 aromatic rings. The Labute approximate surface area is 148 Å². The predicted octanol–water partition coefficient (Wildman–Crippen LogP) is 2.42. The summed E-state index contributed by atoms with van der Waals surface area (Å²) in [5, 5.41) is 13.3. The van der Waals surface area contributed by atoms with Crippen LogP contribution in [0.2, 0.25) is 0 Å². The van der Waals surface area contributed by atoms with Gasteiger partial charge in [-0.1, -0.05) is 20.8 Å². The summed E-state index contributed by atoms with van der Waals surface area (Å²) < 4.78 is 2.10. The number of hydrogen-bond acceptors (Lipinski definition) is 6. The molecule has 0 spiro atoms. The zero-order chi connectivity index (χ0) is 17.8. The van der Waals surface area contributed by atoms with Crippen LogP contribution in [0.4, 0.5) is 11.8 Å². The van der Waals surface area contributed by atoms with E-state index in [1.54, 1.807) is 0 Å². The van der Waals surface area contributed by atoms with E-state index in [9.17, 15) is 5.11 Å². The van der Waals surface area contributed by atoms with Crippen LogP contribution in [0.5, 0.6) is 0 Å². The van der Waals surface area contributed by atoms with Crippen molar-refractivity contribution in [3.63, 3.8) is 0 Å². The van der Waals surface area contributed by atoms with Crippen LogP contribution in [-0.2, 0) is 6.54 Å². The molecule has 2 heterocycles. The van der Waals surface area contributed by atoms with E-state index in [-0.39, 0.29) is 23.4 Å². The second-order valence-electron chi connectivity index (χ2n) is 8.59. The van der Waals surface area contributed by atoms with Gasteiger partial charge in [-0.2, -0.15) is 9.97 Å². The van der Waals surface area contributed by atoms with Gasteiger partial charge in [0.05, 0.1) is 6.33 Å². The summed E-state index contributed by atoms with van der Waals surface area (Å²) in [7, 11) is 0. The predicted molar refractivity (Wildman–Crippen MR) is 98.1 cm³/mol. The number of fused-ring (bicyclic) bond motifs is 1. The van der Waals surface area contributed by atoms with Gasteiger partial charge in [-0.05, 0) is 42.4 Å². The molecule has 0 aliphatic heterocycles. The minimum atomic E-state index is -0.0409. The van der Waals surface area contributed by atoms with Gasteiger partial charge in [-0.3, -0.25) is 0 Å². The van der Waals surface area contributed by atoms with Gasteiger partial charge in [0.15, 0.2) is 17.0 Å². The number of nitrogens with two attached hydrogens (primary N) is 1. The van der Waals surface area contributed by atoms with Crippen molar-refractivity contribution in [2.45, 2.75) is 59.0 Å². The molecule has 2 aromatic heterocycles. The molecule has 4 N–H and O–H groups in total.